The maximum atomic E-state index is 11.6. The summed E-state index contributed by atoms with van der Waals surface area (Å²) < 4.78 is 1.03. The van der Waals surface area contributed by atoms with Crippen molar-refractivity contribution < 1.29 is 9.90 Å². The molecule has 0 aliphatic carbocycles. The van der Waals surface area contributed by atoms with Gasteiger partial charge in [-0.05, 0) is 36.3 Å². The zero-order chi connectivity index (χ0) is 16.8. The molecule has 0 radical (unpaired) electrons. The highest BCUT2D eigenvalue weighted by atomic mass is 79.9. The highest BCUT2D eigenvalue weighted by molar-refractivity contribution is 9.10. The fourth-order valence-electron chi connectivity index (χ4n) is 3.39. The van der Waals surface area contributed by atoms with Gasteiger partial charge in [-0.1, -0.05) is 28.1 Å². The number of carbonyl (C=O) groups is 1. The lowest BCUT2D eigenvalue weighted by Gasteiger charge is -2.18. The van der Waals surface area contributed by atoms with Gasteiger partial charge in [0, 0.05) is 21.7 Å². The summed E-state index contributed by atoms with van der Waals surface area (Å²) in [5.74, 6) is 0.736. The highest BCUT2D eigenvalue weighted by Crippen LogP contribution is 2.37. The number of halogens is 1. The fraction of sp³-hybridized carbons (Fsp3) is 0.294. The third kappa shape index (κ3) is 2.56. The molecule has 0 saturated carbocycles. The minimum Gasteiger partial charge on any atom is -0.465 e. The molecule has 2 N–H and O–H groups in total. The van der Waals surface area contributed by atoms with Crippen LogP contribution in [0.25, 0.3) is 21.8 Å². The van der Waals surface area contributed by atoms with E-state index in [1.165, 1.54) is 4.90 Å². The zero-order valence-electron chi connectivity index (χ0n) is 13.0. The SMILES string of the molecule is CSC1CC(c2nc3c(ccc4cc(Br)ccc43)[nH]2)N(C(=O)O)C1. The number of rotatable bonds is 2. The largest absolute Gasteiger partial charge is 0.465 e. The average Bonchev–Trinajstić information content (AvgIpc) is 3.18. The Bertz CT molecular complexity index is 942. The summed E-state index contributed by atoms with van der Waals surface area (Å²) >= 11 is 5.20. The smallest absolute Gasteiger partial charge is 0.407 e. The first kappa shape index (κ1) is 15.8. The molecule has 2 unspecified atom stereocenters. The molecule has 4 rings (SSSR count). The van der Waals surface area contributed by atoms with Crippen molar-refractivity contribution in [3.63, 3.8) is 0 Å². The Labute approximate surface area is 151 Å². The Kier molecular flexibility index (Phi) is 3.92. The van der Waals surface area contributed by atoms with E-state index in [1.54, 1.807) is 11.8 Å². The summed E-state index contributed by atoms with van der Waals surface area (Å²) in [4.78, 5) is 21.2. The molecular formula is C17H16BrN3O2S. The minimum atomic E-state index is -0.884. The first-order valence-corrected chi connectivity index (χ1v) is 9.75. The van der Waals surface area contributed by atoms with E-state index in [9.17, 15) is 9.90 Å². The van der Waals surface area contributed by atoms with Gasteiger partial charge >= 0.3 is 6.09 Å². The molecule has 0 bridgehead atoms. The molecule has 1 amide bonds. The van der Waals surface area contributed by atoms with E-state index in [0.29, 0.717) is 11.8 Å². The van der Waals surface area contributed by atoms with Crippen LogP contribution in [-0.2, 0) is 0 Å². The molecule has 1 aromatic heterocycles. The number of carboxylic acid groups (broad SMARTS) is 1. The fourth-order valence-corrected chi connectivity index (χ4v) is 4.45. The van der Waals surface area contributed by atoms with E-state index in [2.05, 4.69) is 33.0 Å². The van der Waals surface area contributed by atoms with Crippen LogP contribution in [-0.4, -0.2) is 44.1 Å². The normalized spacial score (nSPS) is 21.0. The van der Waals surface area contributed by atoms with Crippen molar-refractivity contribution in [2.75, 3.05) is 12.8 Å². The second kappa shape index (κ2) is 5.97. The van der Waals surface area contributed by atoms with E-state index in [-0.39, 0.29) is 6.04 Å². The first-order valence-electron chi connectivity index (χ1n) is 7.67. The van der Waals surface area contributed by atoms with Crippen molar-refractivity contribution in [1.82, 2.24) is 14.9 Å². The first-order chi connectivity index (χ1) is 11.6. The number of amides is 1. The predicted octanol–water partition coefficient (Wildman–Crippen LogP) is 4.64. The maximum Gasteiger partial charge on any atom is 0.407 e. The summed E-state index contributed by atoms with van der Waals surface area (Å²) in [7, 11) is 0. The number of H-pyrrole nitrogens is 1. The summed E-state index contributed by atoms with van der Waals surface area (Å²) in [5.41, 5.74) is 1.84. The molecule has 1 aliphatic rings. The van der Waals surface area contributed by atoms with Crippen LogP contribution in [0.15, 0.2) is 34.8 Å². The van der Waals surface area contributed by atoms with Gasteiger partial charge in [0.2, 0.25) is 0 Å². The number of nitrogens with one attached hydrogen (secondary N) is 1. The lowest BCUT2D eigenvalue weighted by atomic mass is 10.1. The summed E-state index contributed by atoms with van der Waals surface area (Å²) in [6.45, 7) is 0.548. The van der Waals surface area contributed by atoms with Gasteiger partial charge in [0.15, 0.2) is 0 Å². The lowest BCUT2D eigenvalue weighted by molar-refractivity contribution is 0.139. The van der Waals surface area contributed by atoms with Crippen molar-refractivity contribution in [1.29, 1.82) is 0 Å². The molecule has 124 valence electrons. The van der Waals surface area contributed by atoms with Crippen LogP contribution in [0.2, 0.25) is 0 Å². The van der Waals surface area contributed by atoms with E-state index >= 15 is 0 Å². The van der Waals surface area contributed by atoms with Crippen molar-refractivity contribution in [2.24, 2.45) is 0 Å². The number of aromatic amines is 1. The van der Waals surface area contributed by atoms with Crippen LogP contribution in [0, 0.1) is 0 Å². The molecule has 1 saturated heterocycles. The molecule has 0 spiro atoms. The third-order valence-corrected chi connectivity index (χ3v) is 6.11. The van der Waals surface area contributed by atoms with Crippen LogP contribution in [0.1, 0.15) is 18.3 Å². The number of thioether (sulfide) groups is 1. The molecule has 5 nitrogen and oxygen atoms in total. The summed E-state index contributed by atoms with van der Waals surface area (Å²) in [6, 6.07) is 9.95. The monoisotopic (exact) mass is 405 g/mol. The number of benzene rings is 2. The molecular weight excluding hydrogens is 390 g/mol. The minimum absolute atomic E-state index is 0.210. The van der Waals surface area contributed by atoms with Crippen molar-refractivity contribution in [3.05, 3.63) is 40.6 Å². The second-order valence-electron chi connectivity index (χ2n) is 5.99. The number of nitrogens with zero attached hydrogens (tertiary/aromatic N) is 2. The second-order valence-corrected chi connectivity index (χ2v) is 8.05. The maximum absolute atomic E-state index is 11.6. The molecule has 1 aliphatic heterocycles. The molecule has 1 fully saturated rings. The molecule has 2 atom stereocenters. The number of fused-ring (bicyclic) bond motifs is 3. The Morgan fingerprint density at radius 1 is 1.42 bits per heavy atom. The number of likely N-dealkylation sites (tertiary alicyclic amines) is 1. The van der Waals surface area contributed by atoms with Gasteiger partial charge in [-0.2, -0.15) is 11.8 Å². The lowest BCUT2D eigenvalue weighted by Crippen LogP contribution is -2.30. The third-order valence-electron chi connectivity index (χ3n) is 4.61. The van der Waals surface area contributed by atoms with Crippen LogP contribution in [0.5, 0.6) is 0 Å². The average molecular weight is 406 g/mol. The van der Waals surface area contributed by atoms with Gasteiger partial charge in [0.25, 0.3) is 0 Å². The van der Waals surface area contributed by atoms with E-state index in [4.69, 9.17) is 4.98 Å². The Balaban J connectivity index is 1.82. The van der Waals surface area contributed by atoms with Crippen LogP contribution < -0.4 is 0 Å². The number of imidazole rings is 1. The van der Waals surface area contributed by atoms with E-state index in [0.717, 1.165) is 38.5 Å². The van der Waals surface area contributed by atoms with Crippen LogP contribution in [0.3, 0.4) is 0 Å². The Morgan fingerprint density at radius 2 is 2.25 bits per heavy atom. The summed E-state index contributed by atoms with van der Waals surface area (Å²) in [5, 5.41) is 12.0. The number of hydrogen-bond acceptors (Lipinski definition) is 3. The highest BCUT2D eigenvalue weighted by Gasteiger charge is 2.37. The number of aromatic nitrogens is 2. The van der Waals surface area contributed by atoms with Crippen molar-refractivity contribution in [3.8, 4) is 0 Å². The van der Waals surface area contributed by atoms with Gasteiger partial charge in [-0.25, -0.2) is 9.78 Å². The predicted molar refractivity (Wildman–Crippen MR) is 101 cm³/mol. The van der Waals surface area contributed by atoms with E-state index in [1.807, 2.05) is 24.5 Å². The Morgan fingerprint density at radius 3 is 3.00 bits per heavy atom. The van der Waals surface area contributed by atoms with E-state index < -0.39 is 6.09 Å². The van der Waals surface area contributed by atoms with Gasteiger partial charge in [-0.3, -0.25) is 4.90 Å². The molecule has 2 aromatic carbocycles. The van der Waals surface area contributed by atoms with Gasteiger partial charge in [0.1, 0.15) is 5.82 Å². The quantitative estimate of drug-likeness (QED) is 0.651. The standard InChI is InChI=1S/C17H16BrN3O2S/c1-24-11-7-14(21(8-11)17(22)23)16-19-13-5-2-9-6-10(18)3-4-12(9)15(13)20-16/h2-6,11,14H,7-8H2,1H3,(H,19,20)(H,22,23). The topological polar surface area (TPSA) is 69.2 Å². The zero-order valence-corrected chi connectivity index (χ0v) is 15.4. The van der Waals surface area contributed by atoms with Crippen LogP contribution >= 0.6 is 27.7 Å². The molecule has 2 heterocycles. The molecule has 24 heavy (non-hydrogen) atoms. The van der Waals surface area contributed by atoms with Crippen molar-refractivity contribution in [2.45, 2.75) is 17.7 Å². The van der Waals surface area contributed by atoms with Gasteiger partial charge in [-0.15, -0.1) is 0 Å². The molecule has 3 aromatic rings. The van der Waals surface area contributed by atoms with Crippen LogP contribution in [0.4, 0.5) is 4.79 Å². The molecule has 7 heteroatoms. The Hall–Kier alpha value is -1.73. The van der Waals surface area contributed by atoms with Crippen molar-refractivity contribution >= 4 is 55.6 Å². The van der Waals surface area contributed by atoms with Gasteiger partial charge < -0.3 is 10.1 Å². The number of hydrogen-bond donors (Lipinski definition) is 2. The summed E-state index contributed by atoms with van der Waals surface area (Å²) in [6.07, 6.45) is 1.93. The van der Waals surface area contributed by atoms with Gasteiger partial charge in [0.05, 0.1) is 17.1 Å².